The van der Waals surface area contributed by atoms with Gasteiger partial charge in [0.25, 0.3) is 5.91 Å². The summed E-state index contributed by atoms with van der Waals surface area (Å²) in [6.07, 6.45) is 0.826. The van der Waals surface area contributed by atoms with E-state index in [-0.39, 0.29) is 23.4 Å². The second kappa shape index (κ2) is 9.24. The van der Waals surface area contributed by atoms with Gasteiger partial charge in [0, 0.05) is 50.2 Å². The number of nitrogens with zero attached hydrogens (tertiary/aromatic N) is 5. The number of benzene rings is 1. The molecule has 0 bridgehead atoms. The number of carbonyl (C=O) groups excluding carboxylic acids is 2. The Kier molecular flexibility index (Phi) is 6.51. The van der Waals surface area contributed by atoms with E-state index in [0.29, 0.717) is 44.4 Å². The average Bonchev–Trinajstić information content (AvgIpc) is 3.12. The molecule has 1 fully saturated rings. The van der Waals surface area contributed by atoms with Gasteiger partial charge in [-0.15, -0.1) is 0 Å². The van der Waals surface area contributed by atoms with Gasteiger partial charge in [0.1, 0.15) is 11.5 Å². The Morgan fingerprint density at radius 3 is 2.41 bits per heavy atom. The fraction of sp³-hybridized carbons (Fsp3) is 0.538. The summed E-state index contributed by atoms with van der Waals surface area (Å²) in [5.41, 5.74) is 3.61. The zero-order valence-corrected chi connectivity index (χ0v) is 21.2. The van der Waals surface area contributed by atoms with E-state index in [0.717, 1.165) is 17.8 Å². The van der Waals surface area contributed by atoms with E-state index >= 15 is 0 Å². The summed E-state index contributed by atoms with van der Waals surface area (Å²) in [7, 11) is 0. The number of hydrogen-bond donors (Lipinski definition) is 1. The van der Waals surface area contributed by atoms with Gasteiger partial charge in [-0.25, -0.2) is 4.98 Å². The third-order valence-corrected chi connectivity index (χ3v) is 6.77. The summed E-state index contributed by atoms with van der Waals surface area (Å²) in [6.45, 7) is 15.2. The topological polar surface area (TPSA) is 81.7 Å². The molecule has 8 heteroatoms. The third kappa shape index (κ3) is 4.86. The number of carbonyl (C=O) groups is 2. The molecule has 2 aliphatic rings. The first-order valence-corrected chi connectivity index (χ1v) is 12.1. The molecule has 2 amide bonds. The van der Waals surface area contributed by atoms with Crippen LogP contribution in [-0.4, -0.2) is 69.3 Å². The molecule has 1 aromatic carbocycles. The summed E-state index contributed by atoms with van der Waals surface area (Å²) in [4.78, 5) is 40.4. The molecule has 0 radical (unpaired) electrons. The zero-order valence-electron chi connectivity index (χ0n) is 21.2. The largest absolute Gasteiger partial charge is 0.364 e. The molecule has 1 saturated heterocycles. The lowest BCUT2D eigenvalue weighted by atomic mass is 9.92. The number of aromatic nitrogens is 2. The maximum Gasteiger partial charge on any atom is 0.273 e. The summed E-state index contributed by atoms with van der Waals surface area (Å²) in [5, 5.41) is 3.66. The highest BCUT2D eigenvalue weighted by Crippen LogP contribution is 2.33. The second-order valence-corrected chi connectivity index (χ2v) is 10.3. The SMILES string of the molecule is CC(=O)N1CCN(c2nc(NC(C)(C)Cc3ccccc3C)c3c(n2)C(=O)N(C(C)C)C3)CC1. The molecular weight excluding hydrogens is 428 g/mol. The molecule has 3 heterocycles. The normalized spacial score (nSPS) is 16.3. The molecule has 0 atom stereocenters. The molecule has 0 saturated carbocycles. The van der Waals surface area contributed by atoms with Crippen LogP contribution >= 0.6 is 0 Å². The van der Waals surface area contributed by atoms with E-state index in [1.54, 1.807) is 6.92 Å². The van der Waals surface area contributed by atoms with E-state index in [4.69, 9.17) is 9.97 Å². The molecule has 0 unspecified atom stereocenters. The number of fused-ring (bicyclic) bond motifs is 1. The van der Waals surface area contributed by atoms with Crippen LogP contribution in [0.1, 0.15) is 61.8 Å². The van der Waals surface area contributed by atoms with Crippen molar-refractivity contribution in [3.05, 3.63) is 46.6 Å². The van der Waals surface area contributed by atoms with Crippen molar-refractivity contribution >= 4 is 23.6 Å². The van der Waals surface area contributed by atoms with Gasteiger partial charge in [0.05, 0.1) is 6.54 Å². The third-order valence-electron chi connectivity index (χ3n) is 6.77. The fourth-order valence-electron chi connectivity index (χ4n) is 4.71. The number of aryl methyl sites for hydroxylation is 1. The Hall–Kier alpha value is -3.16. The lowest BCUT2D eigenvalue weighted by Gasteiger charge is -2.35. The molecule has 8 nitrogen and oxygen atoms in total. The molecule has 0 spiro atoms. The Balaban J connectivity index is 1.66. The Bertz CT molecular complexity index is 1090. The van der Waals surface area contributed by atoms with E-state index in [9.17, 15) is 9.59 Å². The average molecular weight is 465 g/mol. The highest BCUT2D eigenvalue weighted by Gasteiger charge is 2.36. The van der Waals surface area contributed by atoms with Gasteiger partial charge in [-0.05, 0) is 52.2 Å². The molecule has 0 aliphatic carbocycles. The smallest absolute Gasteiger partial charge is 0.273 e. The van der Waals surface area contributed by atoms with Gasteiger partial charge in [-0.2, -0.15) is 4.98 Å². The highest BCUT2D eigenvalue weighted by atomic mass is 16.2. The van der Waals surface area contributed by atoms with Crippen LogP contribution in [0, 0.1) is 6.92 Å². The second-order valence-electron chi connectivity index (χ2n) is 10.3. The lowest BCUT2D eigenvalue weighted by Crippen LogP contribution is -2.48. The summed E-state index contributed by atoms with van der Waals surface area (Å²) >= 11 is 0. The first-order chi connectivity index (χ1) is 16.1. The number of piperazine rings is 1. The predicted octanol–water partition coefficient (Wildman–Crippen LogP) is 3.25. The number of nitrogens with one attached hydrogen (secondary N) is 1. The lowest BCUT2D eigenvalue weighted by molar-refractivity contribution is -0.129. The zero-order chi connectivity index (χ0) is 24.6. The Labute approximate surface area is 202 Å². The summed E-state index contributed by atoms with van der Waals surface area (Å²) in [6, 6.07) is 8.50. The minimum Gasteiger partial charge on any atom is -0.364 e. The van der Waals surface area contributed by atoms with Crippen LogP contribution in [-0.2, 0) is 17.8 Å². The number of anilines is 2. The van der Waals surface area contributed by atoms with Crippen molar-refractivity contribution in [1.82, 2.24) is 19.8 Å². The van der Waals surface area contributed by atoms with E-state index in [1.807, 2.05) is 23.6 Å². The Morgan fingerprint density at radius 2 is 1.79 bits per heavy atom. The molecule has 4 rings (SSSR count). The van der Waals surface area contributed by atoms with Gasteiger partial charge >= 0.3 is 0 Å². The van der Waals surface area contributed by atoms with Crippen molar-refractivity contribution in [1.29, 1.82) is 0 Å². The maximum atomic E-state index is 13.2. The minimum absolute atomic E-state index is 0.0456. The van der Waals surface area contributed by atoms with E-state index in [1.165, 1.54) is 11.1 Å². The Morgan fingerprint density at radius 1 is 1.12 bits per heavy atom. The molecule has 34 heavy (non-hydrogen) atoms. The molecule has 182 valence electrons. The van der Waals surface area contributed by atoms with Crippen LogP contribution in [0.4, 0.5) is 11.8 Å². The number of rotatable bonds is 6. The minimum atomic E-state index is -0.285. The highest BCUT2D eigenvalue weighted by molar-refractivity contribution is 5.98. The van der Waals surface area contributed by atoms with Crippen molar-refractivity contribution in [3.63, 3.8) is 0 Å². The van der Waals surface area contributed by atoms with Gasteiger partial charge in [0.2, 0.25) is 11.9 Å². The molecule has 1 aromatic heterocycles. The van der Waals surface area contributed by atoms with E-state index in [2.05, 4.69) is 55.3 Å². The van der Waals surface area contributed by atoms with Crippen LogP contribution in [0.25, 0.3) is 0 Å². The van der Waals surface area contributed by atoms with Crippen LogP contribution in [0.2, 0.25) is 0 Å². The monoisotopic (exact) mass is 464 g/mol. The van der Waals surface area contributed by atoms with Crippen LogP contribution in [0.15, 0.2) is 24.3 Å². The van der Waals surface area contributed by atoms with Crippen molar-refractivity contribution in [3.8, 4) is 0 Å². The maximum absolute atomic E-state index is 13.2. The summed E-state index contributed by atoms with van der Waals surface area (Å²) in [5.74, 6) is 1.31. The van der Waals surface area contributed by atoms with Gasteiger partial charge in [-0.1, -0.05) is 24.3 Å². The molecule has 2 aliphatic heterocycles. The first-order valence-electron chi connectivity index (χ1n) is 12.1. The van der Waals surface area contributed by atoms with Crippen molar-refractivity contribution in [2.75, 3.05) is 36.4 Å². The summed E-state index contributed by atoms with van der Waals surface area (Å²) < 4.78 is 0. The van der Waals surface area contributed by atoms with Crippen molar-refractivity contribution in [2.45, 2.75) is 66.1 Å². The predicted molar refractivity (Wildman–Crippen MR) is 134 cm³/mol. The van der Waals surface area contributed by atoms with Crippen LogP contribution in [0.3, 0.4) is 0 Å². The van der Waals surface area contributed by atoms with Gasteiger partial charge < -0.3 is 20.0 Å². The van der Waals surface area contributed by atoms with Crippen molar-refractivity contribution < 1.29 is 9.59 Å². The van der Waals surface area contributed by atoms with Crippen LogP contribution < -0.4 is 10.2 Å². The van der Waals surface area contributed by atoms with Crippen molar-refractivity contribution in [2.24, 2.45) is 0 Å². The number of hydrogen-bond acceptors (Lipinski definition) is 6. The quantitative estimate of drug-likeness (QED) is 0.707. The first kappa shape index (κ1) is 24.0. The fourth-order valence-corrected chi connectivity index (χ4v) is 4.71. The number of amides is 2. The van der Waals surface area contributed by atoms with Gasteiger partial charge in [0.15, 0.2) is 0 Å². The van der Waals surface area contributed by atoms with Gasteiger partial charge in [-0.3, -0.25) is 9.59 Å². The standard InChI is InChI=1S/C26H36N6O2/c1-17(2)32-16-21-22(24(32)34)27-25(31-13-11-30(12-14-31)19(4)33)28-23(21)29-26(5,6)15-20-10-8-7-9-18(20)3/h7-10,17H,11-16H2,1-6H3,(H,27,28,29). The molecular formula is C26H36N6O2. The van der Waals surface area contributed by atoms with Crippen LogP contribution in [0.5, 0.6) is 0 Å². The van der Waals surface area contributed by atoms with E-state index < -0.39 is 0 Å². The molecule has 2 aromatic rings. The molecule has 1 N–H and O–H groups in total.